The van der Waals surface area contributed by atoms with Crippen molar-refractivity contribution in [2.24, 2.45) is 0 Å². The molecular weight excluding hydrogens is 381 g/mol. The van der Waals surface area contributed by atoms with E-state index in [2.05, 4.69) is 16.5 Å². The molecule has 1 saturated heterocycles. The number of nitrogens with one attached hydrogen (secondary N) is 1. The molecule has 8 heteroatoms. The molecule has 1 amide bonds. The maximum absolute atomic E-state index is 13.2. The summed E-state index contributed by atoms with van der Waals surface area (Å²) >= 11 is 0. The molecule has 0 radical (unpaired) electrons. The zero-order valence-electron chi connectivity index (χ0n) is 16.0. The molecule has 1 N–H and O–H groups in total. The Hall–Kier alpha value is -2.45. The molecule has 0 aliphatic carbocycles. The normalized spacial score (nSPS) is 15.5. The van der Waals surface area contributed by atoms with Crippen LogP contribution in [0.5, 0.6) is 0 Å². The molecule has 6 nitrogen and oxygen atoms in total. The number of carbonyl (C=O) groups is 1. The Morgan fingerprint density at radius 3 is 2.29 bits per heavy atom. The average Bonchev–Trinajstić information content (AvgIpc) is 2.67. The standard InChI is InChI=1S/C20H24FN3O3S/c1-3-23-10-12-24(13-11-23)20(25)16-4-7-18(8-5-16)22-28(26,27)19-9-6-17(21)14-15(19)2/h4-9,14,22H,3,10-13H2,1-2H3. The molecule has 0 unspecified atom stereocenters. The number of nitrogens with zero attached hydrogens (tertiary/aromatic N) is 2. The predicted octanol–water partition coefficient (Wildman–Crippen LogP) is 2.71. The topological polar surface area (TPSA) is 69.7 Å². The molecule has 0 spiro atoms. The largest absolute Gasteiger partial charge is 0.336 e. The van der Waals surface area contributed by atoms with E-state index in [0.29, 0.717) is 29.9 Å². The second kappa shape index (κ2) is 8.28. The molecular formula is C20H24FN3O3S. The molecule has 2 aromatic rings. The number of benzene rings is 2. The van der Waals surface area contributed by atoms with E-state index in [1.807, 2.05) is 4.90 Å². The van der Waals surface area contributed by atoms with Gasteiger partial charge in [0.05, 0.1) is 4.90 Å². The number of carbonyl (C=O) groups excluding carboxylic acids is 1. The van der Waals surface area contributed by atoms with Gasteiger partial charge in [-0.15, -0.1) is 0 Å². The zero-order valence-corrected chi connectivity index (χ0v) is 16.8. The number of piperazine rings is 1. The average molecular weight is 405 g/mol. The van der Waals surface area contributed by atoms with Crippen molar-refractivity contribution < 1.29 is 17.6 Å². The smallest absolute Gasteiger partial charge is 0.262 e. The van der Waals surface area contributed by atoms with Crippen molar-refractivity contribution in [3.63, 3.8) is 0 Å². The molecule has 0 saturated carbocycles. The number of anilines is 1. The minimum absolute atomic E-state index is 0.0165. The highest BCUT2D eigenvalue weighted by Crippen LogP contribution is 2.21. The number of halogens is 1. The Morgan fingerprint density at radius 1 is 1.07 bits per heavy atom. The van der Waals surface area contributed by atoms with Gasteiger partial charge < -0.3 is 9.80 Å². The third-order valence-corrected chi connectivity index (χ3v) is 6.46. The number of aryl methyl sites for hydroxylation is 1. The number of hydrogen-bond acceptors (Lipinski definition) is 4. The lowest BCUT2D eigenvalue weighted by atomic mass is 10.1. The van der Waals surface area contributed by atoms with Crippen LogP contribution in [-0.4, -0.2) is 56.8 Å². The quantitative estimate of drug-likeness (QED) is 0.831. The van der Waals surface area contributed by atoms with Gasteiger partial charge in [-0.3, -0.25) is 9.52 Å². The molecule has 3 rings (SSSR count). The second-order valence-corrected chi connectivity index (χ2v) is 8.47. The first-order valence-electron chi connectivity index (χ1n) is 9.21. The van der Waals surface area contributed by atoms with Gasteiger partial charge in [0, 0.05) is 37.4 Å². The van der Waals surface area contributed by atoms with Crippen LogP contribution in [0.4, 0.5) is 10.1 Å². The number of amides is 1. The van der Waals surface area contributed by atoms with Crippen molar-refractivity contribution in [2.75, 3.05) is 37.4 Å². The summed E-state index contributed by atoms with van der Waals surface area (Å²) in [5.74, 6) is -0.543. The molecule has 1 aliphatic rings. The first-order chi connectivity index (χ1) is 13.3. The van der Waals surface area contributed by atoms with Gasteiger partial charge in [0.1, 0.15) is 5.82 Å². The van der Waals surface area contributed by atoms with Crippen LogP contribution in [0.2, 0.25) is 0 Å². The van der Waals surface area contributed by atoms with Crippen molar-refractivity contribution in [1.29, 1.82) is 0 Å². The van der Waals surface area contributed by atoms with Crippen LogP contribution in [0.15, 0.2) is 47.4 Å². The molecule has 1 heterocycles. The number of likely N-dealkylation sites (N-methyl/N-ethyl adjacent to an activating group) is 1. The van der Waals surface area contributed by atoms with Crippen LogP contribution in [0.1, 0.15) is 22.8 Å². The maximum Gasteiger partial charge on any atom is 0.262 e. The van der Waals surface area contributed by atoms with E-state index >= 15 is 0 Å². The van der Waals surface area contributed by atoms with Crippen LogP contribution in [0, 0.1) is 12.7 Å². The fourth-order valence-corrected chi connectivity index (χ4v) is 4.54. The van der Waals surface area contributed by atoms with Crippen molar-refractivity contribution in [3.05, 3.63) is 59.4 Å². The van der Waals surface area contributed by atoms with Crippen LogP contribution in [0.3, 0.4) is 0 Å². The van der Waals surface area contributed by atoms with E-state index in [1.165, 1.54) is 19.1 Å². The summed E-state index contributed by atoms with van der Waals surface area (Å²) in [7, 11) is -3.84. The molecule has 0 bridgehead atoms. The van der Waals surface area contributed by atoms with Crippen LogP contribution < -0.4 is 4.72 Å². The van der Waals surface area contributed by atoms with E-state index in [9.17, 15) is 17.6 Å². The first kappa shape index (κ1) is 20.3. The molecule has 150 valence electrons. The van der Waals surface area contributed by atoms with Gasteiger partial charge in [-0.05, 0) is 61.5 Å². The fraction of sp³-hybridized carbons (Fsp3) is 0.350. The summed E-state index contributed by atoms with van der Waals surface area (Å²) in [5.41, 5.74) is 1.19. The van der Waals surface area contributed by atoms with Crippen LogP contribution >= 0.6 is 0 Å². The van der Waals surface area contributed by atoms with Gasteiger partial charge in [0.15, 0.2) is 0 Å². The summed E-state index contributed by atoms with van der Waals surface area (Å²) < 4.78 is 40.8. The summed E-state index contributed by atoms with van der Waals surface area (Å²) in [4.78, 5) is 16.7. The van der Waals surface area contributed by atoms with Gasteiger partial charge in [-0.2, -0.15) is 0 Å². The Morgan fingerprint density at radius 2 is 1.71 bits per heavy atom. The monoisotopic (exact) mass is 405 g/mol. The Labute approximate surface area is 165 Å². The van der Waals surface area contributed by atoms with Gasteiger partial charge in [-0.25, -0.2) is 12.8 Å². The van der Waals surface area contributed by atoms with Crippen molar-refractivity contribution in [2.45, 2.75) is 18.7 Å². The van der Waals surface area contributed by atoms with E-state index in [0.717, 1.165) is 25.7 Å². The summed E-state index contributed by atoms with van der Waals surface area (Å²) in [6, 6.07) is 9.88. The fourth-order valence-electron chi connectivity index (χ4n) is 3.26. The highest BCUT2D eigenvalue weighted by molar-refractivity contribution is 7.92. The van der Waals surface area contributed by atoms with Crippen LogP contribution in [0.25, 0.3) is 0 Å². The minimum atomic E-state index is -3.84. The third-order valence-electron chi connectivity index (χ3n) is 4.92. The van der Waals surface area contributed by atoms with E-state index in [-0.39, 0.29) is 10.8 Å². The molecule has 1 aliphatic heterocycles. The number of hydrogen-bond donors (Lipinski definition) is 1. The highest BCUT2D eigenvalue weighted by atomic mass is 32.2. The highest BCUT2D eigenvalue weighted by Gasteiger charge is 2.22. The van der Waals surface area contributed by atoms with Crippen molar-refractivity contribution in [3.8, 4) is 0 Å². The molecule has 0 aromatic heterocycles. The second-order valence-electron chi connectivity index (χ2n) is 6.82. The molecule has 2 aromatic carbocycles. The first-order valence-corrected chi connectivity index (χ1v) is 10.7. The van der Waals surface area contributed by atoms with Crippen molar-refractivity contribution >= 4 is 21.6 Å². The lowest BCUT2D eigenvalue weighted by Gasteiger charge is -2.34. The Kier molecular flexibility index (Phi) is 6.00. The van der Waals surface area contributed by atoms with Gasteiger partial charge >= 0.3 is 0 Å². The van der Waals surface area contributed by atoms with Crippen LogP contribution in [-0.2, 0) is 10.0 Å². The summed E-state index contributed by atoms with van der Waals surface area (Å²) in [5, 5.41) is 0. The molecule has 0 atom stereocenters. The zero-order chi connectivity index (χ0) is 20.3. The Balaban J connectivity index is 1.69. The third kappa shape index (κ3) is 4.51. The van der Waals surface area contributed by atoms with E-state index < -0.39 is 15.8 Å². The molecule has 28 heavy (non-hydrogen) atoms. The molecule has 1 fully saturated rings. The van der Waals surface area contributed by atoms with Gasteiger partial charge in [-0.1, -0.05) is 6.92 Å². The van der Waals surface area contributed by atoms with Gasteiger partial charge in [0.25, 0.3) is 15.9 Å². The summed E-state index contributed by atoms with van der Waals surface area (Å²) in [6.07, 6.45) is 0. The number of rotatable bonds is 5. The SMILES string of the molecule is CCN1CCN(C(=O)c2ccc(NS(=O)(=O)c3ccc(F)cc3C)cc2)CC1. The minimum Gasteiger partial charge on any atom is -0.336 e. The predicted molar refractivity (Wildman–Crippen MR) is 106 cm³/mol. The number of sulfonamides is 1. The maximum atomic E-state index is 13.2. The summed E-state index contributed by atoms with van der Waals surface area (Å²) in [6.45, 7) is 7.71. The Bertz CT molecular complexity index is 953. The van der Waals surface area contributed by atoms with E-state index in [4.69, 9.17) is 0 Å². The van der Waals surface area contributed by atoms with Crippen molar-refractivity contribution in [1.82, 2.24) is 9.80 Å². The van der Waals surface area contributed by atoms with E-state index in [1.54, 1.807) is 24.3 Å². The lowest BCUT2D eigenvalue weighted by molar-refractivity contribution is 0.0643. The lowest BCUT2D eigenvalue weighted by Crippen LogP contribution is -2.48. The van der Waals surface area contributed by atoms with Gasteiger partial charge in [0.2, 0.25) is 0 Å².